The highest BCUT2D eigenvalue weighted by Gasteiger charge is 2.37. The van der Waals surface area contributed by atoms with Crippen LogP contribution in [0.5, 0.6) is 0 Å². The average Bonchev–Trinajstić information content (AvgIpc) is 2.46. The molecule has 21 heavy (non-hydrogen) atoms. The van der Waals surface area contributed by atoms with Gasteiger partial charge in [0.15, 0.2) is 0 Å². The number of halogens is 1. The van der Waals surface area contributed by atoms with Gasteiger partial charge in [-0.1, -0.05) is 18.2 Å². The van der Waals surface area contributed by atoms with Crippen LogP contribution in [0.2, 0.25) is 0 Å². The molecule has 2 rings (SSSR count). The molecule has 0 spiro atoms. The standard InChI is InChI=1S/C16H18FNO3/c1-16(15(20)21)8-10-18(11-9-16)14(19)7-6-12-4-2-3-5-13(12)17/h2-7H,8-11H2,1H3,(H,20,21). The van der Waals surface area contributed by atoms with Crippen molar-refractivity contribution >= 4 is 18.0 Å². The maximum absolute atomic E-state index is 13.4. The topological polar surface area (TPSA) is 57.6 Å². The zero-order chi connectivity index (χ0) is 15.5. The zero-order valence-corrected chi connectivity index (χ0v) is 11.9. The third-order valence-corrected chi connectivity index (χ3v) is 4.01. The second kappa shape index (κ2) is 6.08. The van der Waals surface area contributed by atoms with Gasteiger partial charge in [-0.15, -0.1) is 0 Å². The Labute approximate surface area is 122 Å². The number of piperidine rings is 1. The van der Waals surface area contributed by atoms with Crippen LogP contribution in [0.1, 0.15) is 25.3 Å². The lowest BCUT2D eigenvalue weighted by Gasteiger charge is -2.35. The summed E-state index contributed by atoms with van der Waals surface area (Å²) in [7, 11) is 0. The molecule has 1 aliphatic rings. The maximum atomic E-state index is 13.4. The Morgan fingerprint density at radius 2 is 1.90 bits per heavy atom. The fourth-order valence-corrected chi connectivity index (χ4v) is 2.31. The fraction of sp³-hybridized carbons (Fsp3) is 0.375. The van der Waals surface area contributed by atoms with E-state index in [4.69, 9.17) is 5.11 Å². The van der Waals surface area contributed by atoms with Crippen LogP contribution in [0, 0.1) is 11.2 Å². The normalized spacial score (nSPS) is 17.9. The molecule has 1 amide bonds. The molecule has 5 heteroatoms. The number of carboxylic acids is 1. The lowest BCUT2D eigenvalue weighted by molar-refractivity contribution is -0.152. The predicted octanol–water partition coefficient (Wildman–Crippen LogP) is 2.55. The van der Waals surface area contributed by atoms with Crippen molar-refractivity contribution in [2.45, 2.75) is 19.8 Å². The summed E-state index contributed by atoms with van der Waals surface area (Å²) in [6.07, 6.45) is 3.65. The van der Waals surface area contributed by atoms with Gasteiger partial charge in [0.25, 0.3) is 0 Å². The van der Waals surface area contributed by atoms with Crippen molar-refractivity contribution in [1.29, 1.82) is 0 Å². The van der Waals surface area contributed by atoms with E-state index in [-0.39, 0.29) is 11.7 Å². The summed E-state index contributed by atoms with van der Waals surface area (Å²) < 4.78 is 13.4. The smallest absolute Gasteiger partial charge is 0.309 e. The van der Waals surface area contributed by atoms with Gasteiger partial charge < -0.3 is 10.0 Å². The van der Waals surface area contributed by atoms with Crippen molar-refractivity contribution in [3.63, 3.8) is 0 Å². The summed E-state index contributed by atoms with van der Waals surface area (Å²) in [5.41, 5.74) is -0.398. The summed E-state index contributed by atoms with van der Waals surface area (Å²) in [4.78, 5) is 24.8. The third kappa shape index (κ3) is 3.48. The summed E-state index contributed by atoms with van der Waals surface area (Å²) in [5, 5.41) is 9.15. The van der Waals surface area contributed by atoms with E-state index >= 15 is 0 Å². The van der Waals surface area contributed by atoms with Crippen LogP contribution in [-0.2, 0) is 9.59 Å². The van der Waals surface area contributed by atoms with E-state index < -0.39 is 11.4 Å². The molecule has 0 unspecified atom stereocenters. The Kier molecular flexibility index (Phi) is 4.40. The third-order valence-electron chi connectivity index (χ3n) is 4.01. The van der Waals surface area contributed by atoms with Gasteiger partial charge in [-0.25, -0.2) is 4.39 Å². The second-order valence-corrected chi connectivity index (χ2v) is 5.55. The molecule has 0 atom stereocenters. The lowest BCUT2D eigenvalue weighted by Crippen LogP contribution is -2.44. The highest BCUT2D eigenvalue weighted by atomic mass is 19.1. The first-order valence-corrected chi connectivity index (χ1v) is 6.87. The molecule has 1 heterocycles. The van der Waals surface area contributed by atoms with Crippen molar-refractivity contribution in [2.75, 3.05) is 13.1 Å². The number of carbonyl (C=O) groups excluding carboxylic acids is 1. The first-order chi connectivity index (χ1) is 9.92. The second-order valence-electron chi connectivity index (χ2n) is 5.55. The largest absolute Gasteiger partial charge is 0.481 e. The van der Waals surface area contributed by atoms with E-state index in [1.54, 1.807) is 30.0 Å². The fourth-order valence-electron chi connectivity index (χ4n) is 2.31. The molecule has 1 aromatic carbocycles. The van der Waals surface area contributed by atoms with Crippen molar-refractivity contribution in [3.05, 3.63) is 41.7 Å². The summed E-state index contributed by atoms with van der Waals surface area (Å²) in [6, 6.07) is 6.22. The average molecular weight is 291 g/mol. The number of benzene rings is 1. The molecule has 4 nitrogen and oxygen atoms in total. The number of carboxylic acid groups (broad SMARTS) is 1. The lowest BCUT2D eigenvalue weighted by atomic mass is 9.80. The van der Waals surface area contributed by atoms with Crippen LogP contribution in [0.3, 0.4) is 0 Å². The van der Waals surface area contributed by atoms with E-state index in [9.17, 15) is 14.0 Å². The molecule has 0 saturated carbocycles. The van der Waals surface area contributed by atoms with E-state index in [2.05, 4.69) is 0 Å². The van der Waals surface area contributed by atoms with Gasteiger partial charge >= 0.3 is 5.97 Å². The van der Waals surface area contributed by atoms with Crippen LogP contribution in [0.15, 0.2) is 30.3 Å². The Balaban J connectivity index is 1.97. The van der Waals surface area contributed by atoms with Gasteiger partial charge in [0.2, 0.25) is 5.91 Å². The predicted molar refractivity (Wildman–Crippen MR) is 77.0 cm³/mol. The van der Waals surface area contributed by atoms with Crippen LogP contribution in [0.4, 0.5) is 4.39 Å². The highest BCUT2D eigenvalue weighted by Crippen LogP contribution is 2.31. The van der Waals surface area contributed by atoms with E-state index in [0.717, 1.165) is 0 Å². The molecule has 1 fully saturated rings. The SMILES string of the molecule is CC1(C(=O)O)CCN(C(=O)C=Cc2ccccc2F)CC1. The molecular weight excluding hydrogens is 273 g/mol. The van der Waals surface area contributed by atoms with Gasteiger partial charge in [-0.2, -0.15) is 0 Å². The molecule has 1 aliphatic heterocycles. The molecule has 1 N–H and O–H groups in total. The zero-order valence-electron chi connectivity index (χ0n) is 11.9. The Bertz CT molecular complexity index is 575. The minimum absolute atomic E-state index is 0.217. The van der Waals surface area contributed by atoms with E-state index in [1.807, 2.05) is 0 Å². The quantitative estimate of drug-likeness (QED) is 0.871. The molecule has 0 aliphatic carbocycles. The van der Waals surface area contributed by atoms with Crippen LogP contribution in [0.25, 0.3) is 6.08 Å². The summed E-state index contributed by atoms with van der Waals surface area (Å²) >= 11 is 0. The molecule has 1 saturated heterocycles. The van der Waals surface area contributed by atoms with Crippen LogP contribution >= 0.6 is 0 Å². The number of hydrogen-bond donors (Lipinski definition) is 1. The van der Waals surface area contributed by atoms with Gasteiger partial charge in [0.05, 0.1) is 5.41 Å². The number of nitrogens with zero attached hydrogens (tertiary/aromatic N) is 1. The van der Waals surface area contributed by atoms with Crippen molar-refractivity contribution < 1.29 is 19.1 Å². The number of aliphatic carboxylic acids is 1. The molecule has 112 valence electrons. The first-order valence-electron chi connectivity index (χ1n) is 6.87. The van der Waals surface area contributed by atoms with Gasteiger partial charge in [0.1, 0.15) is 5.82 Å². The van der Waals surface area contributed by atoms with Crippen LogP contribution < -0.4 is 0 Å². The molecule has 0 aromatic heterocycles. The molecule has 0 bridgehead atoms. The molecular formula is C16H18FNO3. The van der Waals surface area contributed by atoms with E-state index in [0.29, 0.717) is 31.5 Å². The number of rotatable bonds is 3. The first kappa shape index (κ1) is 15.2. The van der Waals surface area contributed by atoms with Crippen LogP contribution in [-0.4, -0.2) is 35.0 Å². The minimum atomic E-state index is -0.823. The van der Waals surface area contributed by atoms with Gasteiger partial charge in [-0.05, 0) is 31.9 Å². The van der Waals surface area contributed by atoms with Crippen molar-refractivity contribution in [3.8, 4) is 0 Å². The molecule has 0 radical (unpaired) electrons. The van der Waals surface area contributed by atoms with Gasteiger partial charge in [0, 0.05) is 24.7 Å². The number of carbonyl (C=O) groups is 2. The minimum Gasteiger partial charge on any atom is -0.481 e. The van der Waals surface area contributed by atoms with Gasteiger partial charge in [-0.3, -0.25) is 9.59 Å². The Morgan fingerprint density at radius 1 is 1.29 bits per heavy atom. The Morgan fingerprint density at radius 3 is 2.48 bits per heavy atom. The number of amides is 1. The maximum Gasteiger partial charge on any atom is 0.309 e. The Hall–Kier alpha value is -2.17. The summed E-state index contributed by atoms with van der Waals surface area (Å²) in [5.74, 6) is -1.42. The number of likely N-dealkylation sites (tertiary alicyclic amines) is 1. The summed E-state index contributed by atoms with van der Waals surface area (Å²) in [6.45, 7) is 2.51. The number of hydrogen-bond acceptors (Lipinski definition) is 2. The monoisotopic (exact) mass is 291 g/mol. The van der Waals surface area contributed by atoms with Crippen molar-refractivity contribution in [2.24, 2.45) is 5.41 Å². The van der Waals surface area contributed by atoms with Crippen molar-refractivity contribution in [1.82, 2.24) is 4.90 Å². The van der Waals surface area contributed by atoms with E-state index in [1.165, 1.54) is 18.2 Å². The molecule has 1 aromatic rings. The highest BCUT2D eigenvalue weighted by molar-refractivity contribution is 5.92.